The zero-order valence-corrected chi connectivity index (χ0v) is 11.6. The van der Waals surface area contributed by atoms with Crippen molar-refractivity contribution in [1.82, 2.24) is 4.57 Å². The predicted octanol–water partition coefficient (Wildman–Crippen LogP) is 2.81. The number of nitriles is 1. The third kappa shape index (κ3) is 2.57. The van der Waals surface area contributed by atoms with E-state index in [4.69, 9.17) is 10.00 Å². The Morgan fingerprint density at radius 3 is 2.40 bits per heavy atom. The molecule has 4 nitrogen and oxygen atoms in total. The van der Waals surface area contributed by atoms with Crippen molar-refractivity contribution in [3.05, 3.63) is 52.3 Å². The van der Waals surface area contributed by atoms with Crippen molar-refractivity contribution in [1.29, 1.82) is 5.26 Å². The smallest absolute Gasteiger partial charge is 0.268 e. The molecule has 0 saturated carbocycles. The van der Waals surface area contributed by atoms with Crippen LogP contribution in [0, 0.1) is 11.3 Å². The molecule has 1 aromatic carbocycles. The average molecular weight is 268 g/mol. The van der Waals surface area contributed by atoms with E-state index < -0.39 is 0 Å². The van der Waals surface area contributed by atoms with Crippen LogP contribution in [-0.4, -0.2) is 11.2 Å². The van der Waals surface area contributed by atoms with Gasteiger partial charge in [-0.05, 0) is 55.8 Å². The van der Waals surface area contributed by atoms with E-state index in [1.165, 1.54) is 0 Å². The van der Waals surface area contributed by atoms with Gasteiger partial charge in [0.25, 0.3) is 5.56 Å². The number of rotatable bonds is 4. The molecular weight excluding hydrogens is 252 g/mol. The minimum absolute atomic E-state index is 0.168. The highest BCUT2D eigenvalue weighted by atomic mass is 16.5. The number of nitrogens with zero attached hydrogens (tertiary/aromatic N) is 2. The predicted molar refractivity (Wildman–Crippen MR) is 77.7 cm³/mol. The fourth-order valence-corrected chi connectivity index (χ4v) is 2.12. The molecule has 0 aliphatic rings. The van der Waals surface area contributed by atoms with Gasteiger partial charge in [0.15, 0.2) is 0 Å². The molecule has 1 aromatic heterocycles. The lowest BCUT2D eigenvalue weighted by Gasteiger charge is -2.12. The highest BCUT2D eigenvalue weighted by molar-refractivity contribution is 5.61. The van der Waals surface area contributed by atoms with Gasteiger partial charge in [0.1, 0.15) is 17.4 Å². The summed E-state index contributed by atoms with van der Waals surface area (Å²) in [5, 5.41) is 8.92. The Morgan fingerprint density at radius 2 is 1.85 bits per heavy atom. The van der Waals surface area contributed by atoms with Crippen LogP contribution < -0.4 is 10.3 Å². The van der Waals surface area contributed by atoms with E-state index in [-0.39, 0.29) is 11.1 Å². The molecule has 0 atom stereocenters. The van der Waals surface area contributed by atoms with Crippen LogP contribution in [0.3, 0.4) is 0 Å². The van der Waals surface area contributed by atoms with Gasteiger partial charge in [-0.25, -0.2) is 0 Å². The molecule has 0 unspecified atom stereocenters. The summed E-state index contributed by atoms with van der Waals surface area (Å²) in [6, 6.07) is 12.9. The van der Waals surface area contributed by atoms with Crippen LogP contribution in [0.5, 0.6) is 5.75 Å². The maximum Gasteiger partial charge on any atom is 0.268 e. The number of benzene rings is 1. The second-order valence-corrected chi connectivity index (χ2v) is 4.25. The Hall–Kier alpha value is -2.54. The Bertz CT molecular complexity index is 694. The quantitative estimate of drug-likeness (QED) is 0.856. The van der Waals surface area contributed by atoms with Crippen molar-refractivity contribution >= 4 is 0 Å². The maximum atomic E-state index is 12.1. The van der Waals surface area contributed by atoms with E-state index in [9.17, 15) is 4.79 Å². The normalized spacial score (nSPS) is 10.1. The van der Waals surface area contributed by atoms with Gasteiger partial charge in [-0.2, -0.15) is 5.26 Å². The third-order valence-corrected chi connectivity index (χ3v) is 3.07. The lowest BCUT2D eigenvalue weighted by atomic mass is 10.1. The molecule has 2 aromatic rings. The average Bonchev–Trinajstić information content (AvgIpc) is 2.48. The summed E-state index contributed by atoms with van der Waals surface area (Å²) in [5.41, 5.74) is 1.65. The molecule has 0 aliphatic carbocycles. The molecule has 0 saturated heterocycles. The van der Waals surface area contributed by atoms with E-state index in [1.807, 2.05) is 44.2 Å². The molecule has 1 heterocycles. The molecule has 0 fully saturated rings. The van der Waals surface area contributed by atoms with Gasteiger partial charge in [-0.3, -0.25) is 4.79 Å². The first-order valence-electron chi connectivity index (χ1n) is 6.58. The minimum atomic E-state index is -0.249. The standard InChI is InChI=1S/C16H16N2O2/c1-3-18-15(10-7-13(11-17)16(18)19)12-5-8-14(9-6-12)20-4-2/h5-10H,3-4H2,1-2H3. The van der Waals surface area contributed by atoms with Crippen molar-refractivity contribution < 1.29 is 4.74 Å². The monoisotopic (exact) mass is 268 g/mol. The van der Waals surface area contributed by atoms with Crippen molar-refractivity contribution in [3.63, 3.8) is 0 Å². The van der Waals surface area contributed by atoms with Gasteiger partial charge in [0, 0.05) is 6.54 Å². The molecule has 20 heavy (non-hydrogen) atoms. The molecule has 0 aliphatic heterocycles. The van der Waals surface area contributed by atoms with Crippen LogP contribution in [0.2, 0.25) is 0 Å². The SMILES string of the molecule is CCOc1ccc(-c2ccc(C#N)c(=O)n2CC)cc1. The number of pyridine rings is 1. The first kappa shape index (κ1) is 13.9. The van der Waals surface area contributed by atoms with E-state index >= 15 is 0 Å². The van der Waals surface area contributed by atoms with Crippen LogP contribution in [0.25, 0.3) is 11.3 Å². The van der Waals surface area contributed by atoms with Crippen molar-refractivity contribution in [2.75, 3.05) is 6.61 Å². The first-order valence-corrected chi connectivity index (χ1v) is 6.58. The fraction of sp³-hybridized carbons (Fsp3) is 0.250. The summed E-state index contributed by atoms with van der Waals surface area (Å²) in [7, 11) is 0. The van der Waals surface area contributed by atoms with E-state index in [0.29, 0.717) is 13.2 Å². The van der Waals surface area contributed by atoms with Gasteiger partial charge in [0.2, 0.25) is 0 Å². The molecule has 2 rings (SSSR count). The number of ether oxygens (including phenoxy) is 1. The third-order valence-electron chi connectivity index (χ3n) is 3.07. The molecule has 4 heteroatoms. The van der Waals surface area contributed by atoms with E-state index in [0.717, 1.165) is 17.0 Å². The van der Waals surface area contributed by atoms with Crippen LogP contribution in [0.15, 0.2) is 41.2 Å². The topological polar surface area (TPSA) is 55.0 Å². The Balaban J connectivity index is 2.50. The second kappa shape index (κ2) is 6.07. The molecule has 0 N–H and O–H groups in total. The summed E-state index contributed by atoms with van der Waals surface area (Å²) in [6.45, 7) is 4.97. The maximum absolute atomic E-state index is 12.1. The number of aromatic nitrogens is 1. The Kier molecular flexibility index (Phi) is 4.21. The van der Waals surface area contributed by atoms with Gasteiger partial charge >= 0.3 is 0 Å². The number of hydrogen-bond donors (Lipinski definition) is 0. The lowest BCUT2D eigenvalue weighted by Crippen LogP contribution is -2.23. The highest BCUT2D eigenvalue weighted by Gasteiger charge is 2.09. The molecular formula is C16H16N2O2. The summed E-state index contributed by atoms with van der Waals surface area (Å²) in [6.07, 6.45) is 0. The summed E-state index contributed by atoms with van der Waals surface area (Å²) < 4.78 is 7.01. The molecule has 0 spiro atoms. The van der Waals surface area contributed by atoms with Crippen LogP contribution in [0.1, 0.15) is 19.4 Å². The summed E-state index contributed by atoms with van der Waals surface area (Å²) in [4.78, 5) is 12.1. The minimum Gasteiger partial charge on any atom is -0.494 e. The summed E-state index contributed by atoms with van der Waals surface area (Å²) >= 11 is 0. The molecule has 0 radical (unpaired) electrons. The molecule has 0 bridgehead atoms. The van der Waals surface area contributed by atoms with Crippen LogP contribution in [-0.2, 0) is 6.54 Å². The Morgan fingerprint density at radius 1 is 1.15 bits per heavy atom. The summed E-state index contributed by atoms with van der Waals surface area (Å²) in [5.74, 6) is 0.801. The van der Waals surface area contributed by atoms with Gasteiger partial charge in [0.05, 0.1) is 12.3 Å². The van der Waals surface area contributed by atoms with Crippen molar-refractivity contribution in [2.45, 2.75) is 20.4 Å². The molecule has 0 amide bonds. The van der Waals surface area contributed by atoms with Gasteiger partial charge < -0.3 is 9.30 Å². The van der Waals surface area contributed by atoms with Crippen LogP contribution in [0.4, 0.5) is 0 Å². The largest absolute Gasteiger partial charge is 0.494 e. The molecule has 102 valence electrons. The van der Waals surface area contributed by atoms with Crippen LogP contribution >= 0.6 is 0 Å². The Labute approximate surface area is 117 Å². The van der Waals surface area contributed by atoms with Crippen molar-refractivity contribution in [3.8, 4) is 23.1 Å². The fourth-order valence-electron chi connectivity index (χ4n) is 2.12. The second-order valence-electron chi connectivity index (χ2n) is 4.25. The van der Waals surface area contributed by atoms with E-state index in [2.05, 4.69) is 0 Å². The first-order chi connectivity index (χ1) is 9.71. The van der Waals surface area contributed by atoms with Crippen molar-refractivity contribution in [2.24, 2.45) is 0 Å². The lowest BCUT2D eigenvalue weighted by molar-refractivity contribution is 0.340. The number of hydrogen-bond acceptors (Lipinski definition) is 3. The van der Waals surface area contributed by atoms with E-state index in [1.54, 1.807) is 16.7 Å². The van der Waals surface area contributed by atoms with Gasteiger partial charge in [-0.15, -0.1) is 0 Å². The highest BCUT2D eigenvalue weighted by Crippen LogP contribution is 2.21. The van der Waals surface area contributed by atoms with Gasteiger partial charge in [-0.1, -0.05) is 0 Å². The zero-order valence-electron chi connectivity index (χ0n) is 11.6. The zero-order chi connectivity index (χ0) is 14.5.